The molecule has 1 unspecified atom stereocenters. The van der Waals surface area contributed by atoms with Gasteiger partial charge in [0.2, 0.25) is 0 Å². The summed E-state index contributed by atoms with van der Waals surface area (Å²) in [7, 11) is 0. The van der Waals surface area contributed by atoms with Crippen molar-refractivity contribution in [1.82, 2.24) is 0 Å². The second-order valence-electron chi connectivity index (χ2n) is 5.25. The van der Waals surface area contributed by atoms with E-state index < -0.39 is 0 Å². The second-order valence-corrected chi connectivity index (χ2v) is 5.25. The first kappa shape index (κ1) is 12.8. The van der Waals surface area contributed by atoms with Crippen LogP contribution in [0.15, 0.2) is 18.2 Å². The van der Waals surface area contributed by atoms with Crippen LogP contribution in [-0.4, -0.2) is 17.0 Å². The predicted octanol–water partition coefficient (Wildman–Crippen LogP) is 2.44. The largest absolute Gasteiger partial charge is 0.373 e. The molecule has 3 N–H and O–H groups in total. The molecule has 0 aromatic heterocycles. The van der Waals surface area contributed by atoms with Gasteiger partial charge in [0.1, 0.15) is 5.69 Å². The van der Waals surface area contributed by atoms with Gasteiger partial charge >= 0.3 is 0 Å². The molecule has 0 heterocycles. The first-order chi connectivity index (χ1) is 8.48. The summed E-state index contributed by atoms with van der Waals surface area (Å²) < 4.78 is 0. The van der Waals surface area contributed by atoms with Gasteiger partial charge in [0, 0.05) is 17.6 Å². The monoisotopic (exact) mass is 249 g/mol. The molecule has 5 nitrogen and oxygen atoms in total. The van der Waals surface area contributed by atoms with Gasteiger partial charge in [-0.3, -0.25) is 10.1 Å². The summed E-state index contributed by atoms with van der Waals surface area (Å²) in [6.07, 6.45) is 2.28. The highest BCUT2D eigenvalue weighted by Crippen LogP contribution is 2.42. The summed E-state index contributed by atoms with van der Waals surface area (Å²) >= 11 is 0. The molecule has 1 atom stereocenters. The number of nitro groups is 1. The lowest BCUT2D eigenvalue weighted by atomic mass is 9.95. The third-order valence-electron chi connectivity index (χ3n) is 3.74. The minimum Gasteiger partial charge on any atom is -0.373 e. The maximum Gasteiger partial charge on any atom is 0.295 e. The van der Waals surface area contributed by atoms with Crippen LogP contribution in [0.3, 0.4) is 0 Å². The molecule has 1 aliphatic rings. The van der Waals surface area contributed by atoms with Crippen LogP contribution in [0.25, 0.3) is 0 Å². The van der Waals surface area contributed by atoms with E-state index in [0.717, 1.165) is 12.8 Å². The molecule has 1 fully saturated rings. The van der Waals surface area contributed by atoms with E-state index in [1.54, 1.807) is 19.1 Å². The Balaban J connectivity index is 2.33. The number of hydrogen-bond acceptors (Lipinski definition) is 4. The van der Waals surface area contributed by atoms with Gasteiger partial charge in [0.25, 0.3) is 5.69 Å². The third kappa shape index (κ3) is 2.31. The Morgan fingerprint density at radius 3 is 2.72 bits per heavy atom. The van der Waals surface area contributed by atoms with Gasteiger partial charge in [0.15, 0.2) is 0 Å². The van der Waals surface area contributed by atoms with Gasteiger partial charge in [-0.2, -0.15) is 0 Å². The van der Waals surface area contributed by atoms with Crippen LogP contribution in [0.2, 0.25) is 0 Å². The summed E-state index contributed by atoms with van der Waals surface area (Å²) in [4.78, 5) is 10.8. The zero-order valence-corrected chi connectivity index (χ0v) is 10.8. The predicted molar refractivity (Wildman–Crippen MR) is 71.6 cm³/mol. The van der Waals surface area contributed by atoms with Crippen molar-refractivity contribution >= 4 is 11.4 Å². The van der Waals surface area contributed by atoms with Crippen molar-refractivity contribution in [3.05, 3.63) is 33.9 Å². The number of para-hydroxylation sites is 1. The van der Waals surface area contributed by atoms with Crippen LogP contribution in [0.1, 0.15) is 25.3 Å². The Kier molecular flexibility index (Phi) is 3.26. The summed E-state index contributed by atoms with van der Waals surface area (Å²) in [5.41, 5.74) is 6.96. The fourth-order valence-corrected chi connectivity index (χ4v) is 2.35. The molecule has 1 saturated carbocycles. The SMILES string of the molecule is Cc1cccc(NC(C)(CN)C2CC2)c1[N+](=O)[O-]. The van der Waals surface area contributed by atoms with Crippen molar-refractivity contribution in [2.24, 2.45) is 11.7 Å². The van der Waals surface area contributed by atoms with Gasteiger partial charge in [-0.15, -0.1) is 0 Å². The molecule has 0 saturated heterocycles. The lowest BCUT2D eigenvalue weighted by Crippen LogP contribution is -2.44. The molecule has 0 spiro atoms. The fraction of sp³-hybridized carbons (Fsp3) is 0.538. The number of nitrogens with two attached hydrogens (primary N) is 1. The van der Waals surface area contributed by atoms with Crippen LogP contribution in [-0.2, 0) is 0 Å². The van der Waals surface area contributed by atoms with Crippen molar-refractivity contribution < 1.29 is 4.92 Å². The summed E-state index contributed by atoms with van der Waals surface area (Å²) in [5.74, 6) is 0.516. The highest BCUT2D eigenvalue weighted by Gasteiger charge is 2.41. The normalized spacial score (nSPS) is 18.2. The van der Waals surface area contributed by atoms with E-state index in [9.17, 15) is 10.1 Å². The number of aryl methyl sites for hydroxylation is 1. The second kappa shape index (κ2) is 4.57. The highest BCUT2D eigenvalue weighted by atomic mass is 16.6. The molecule has 1 aromatic rings. The number of anilines is 1. The molecule has 2 rings (SSSR count). The number of nitrogens with one attached hydrogen (secondary N) is 1. The first-order valence-corrected chi connectivity index (χ1v) is 6.20. The molecule has 0 radical (unpaired) electrons. The van der Waals surface area contributed by atoms with Crippen LogP contribution >= 0.6 is 0 Å². The fourth-order valence-electron chi connectivity index (χ4n) is 2.35. The molecule has 18 heavy (non-hydrogen) atoms. The van der Waals surface area contributed by atoms with E-state index in [4.69, 9.17) is 5.73 Å². The molecule has 1 aliphatic carbocycles. The van der Waals surface area contributed by atoms with Crippen LogP contribution in [0.4, 0.5) is 11.4 Å². The molecule has 5 heteroatoms. The van der Waals surface area contributed by atoms with E-state index >= 15 is 0 Å². The lowest BCUT2D eigenvalue weighted by molar-refractivity contribution is -0.384. The Labute approximate surface area is 107 Å². The van der Waals surface area contributed by atoms with Gasteiger partial charge < -0.3 is 11.1 Å². The van der Waals surface area contributed by atoms with Crippen molar-refractivity contribution in [3.8, 4) is 0 Å². The smallest absolute Gasteiger partial charge is 0.295 e. The topological polar surface area (TPSA) is 81.2 Å². The highest BCUT2D eigenvalue weighted by molar-refractivity contribution is 5.66. The maximum atomic E-state index is 11.1. The number of benzene rings is 1. The standard InChI is InChI=1S/C13H19N3O2/c1-9-4-3-5-11(12(9)16(17)18)15-13(2,8-14)10-6-7-10/h3-5,10,15H,6-8,14H2,1-2H3. The molecule has 1 aromatic carbocycles. The number of rotatable bonds is 5. The van der Waals surface area contributed by atoms with Crippen molar-refractivity contribution in [3.63, 3.8) is 0 Å². The van der Waals surface area contributed by atoms with Gasteiger partial charge in [-0.05, 0) is 38.7 Å². The summed E-state index contributed by atoms with van der Waals surface area (Å²) in [6.45, 7) is 4.26. The zero-order chi connectivity index (χ0) is 13.3. The van der Waals surface area contributed by atoms with E-state index in [1.165, 1.54) is 0 Å². The summed E-state index contributed by atoms with van der Waals surface area (Å²) in [6, 6.07) is 5.33. The molecule has 98 valence electrons. The molecular weight excluding hydrogens is 230 g/mol. The van der Waals surface area contributed by atoms with E-state index in [1.807, 2.05) is 13.0 Å². The van der Waals surface area contributed by atoms with Crippen molar-refractivity contribution in [2.45, 2.75) is 32.2 Å². The van der Waals surface area contributed by atoms with E-state index in [2.05, 4.69) is 5.32 Å². The molecule has 0 aliphatic heterocycles. The van der Waals surface area contributed by atoms with Crippen molar-refractivity contribution in [2.75, 3.05) is 11.9 Å². The number of nitrogens with zero attached hydrogens (tertiary/aromatic N) is 1. The van der Waals surface area contributed by atoms with Crippen LogP contribution in [0, 0.1) is 23.0 Å². The quantitative estimate of drug-likeness (QED) is 0.620. The summed E-state index contributed by atoms with van der Waals surface area (Å²) in [5, 5.41) is 14.4. The molecular formula is C13H19N3O2. The Bertz CT molecular complexity index is 471. The minimum absolute atomic E-state index is 0.151. The number of hydrogen-bond donors (Lipinski definition) is 2. The van der Waals surface area contributed by atoms with E-state index in [0.29, 0.717) is 23.7 Å². The van der Waals surface area contributed by atoms with Crippen LogP contribution < -0.4 is 11.1 Å². The molecule has 0 bridgehead atoms. The Morgan fingerprint density at radius 2 is 2.22 bits per heavy atom. The number of nitro benzene ring substituents is 1. The Hall–Kier alpha value is -1.62. The third-order valence-corrected chi connectivity index (χ3v) is 3.74. The van der Waals surface area contributed by atoms with Gasteiger partial charge in [-0.25, -0.2) is 0 Å². The van der Waals surface area contributed by atoms with Crippen LogP contribution in [0.5, 0.6) is 0 Å². The van der Waals surface area contributed by atoms with Gasteiger partial charge in [0.05, 0.1) is 4.92 Å². The van der Waals surface area contributed by atoms with Crippen molar-refractivity contribution in [1.29, 1.82) is 0 Å². The van der Waals surface area contributed by atoms with Gasteiger partial charge in [-0.1, -0.05) is 12.1 Å². The molecule has 0 amide bonds. The zero-order valence-electron chi connectivity index (χ0n) is 10.8. The lowest BCUT2D eigenvalue weighted by Gasteiger charge is -2.30. The first-order valence-electron chi connectivity index (χ1n) is 6.20. The minimum atomic E-state index is -0.332. The van der Waals surface area contributed by atoms with E-state index in [-0.39, 0.29) is 16.1 Å². The Morgan fingerprint density at radius 1 is 1.56 bits per heavy atom. The average Bonchev–Trinajstić information content (AvgIpc) is 3.12. The maximum absolute atomic E-state index is 11.1. The average molecular weight is 249 g/mol.